The van der Waals surface area contributed by atoms with E-state index in [-0.39, 0.29) is 0 Å². The monoisotopic (exact) mass is 279 g/mol. The highest BCUT2D eigenvalue weighted by Gasteiger charge is 2.09. The number of morpholine rings is 1. The van der Waals surface area contributed by atoms with E-state index in [4.69, 9.17) is 21.1 Å². The van der Waals surface area contributed by atoms with Crippen LogP contribution in [0.2, 0.25) is 0 Å². The van der Waals surface area contributed by atoms with E-state index < -0.39 is 0 Å². The summed E-state index contributed by atoms with van der Waals surface area (Å²) in [6.07, 6.45) is 0. The van der Waals surface area contributed by atoms with Crippen LogP contribution in [0.3, 0.4) is 0 Å². The molecule has 1 fully saturated rings. The van der Waals surface area contributed by atoms with E-state index in [0.29, 0.717) is 12.5 Å². The Morgan fingerprint density at radius 3 is 2.63 bits per heavy atom. The third-order valence-electron chi connectivity index (χ3n) is 2.93. The van der Waals surface area contributed by atoms with Crippen molar-refractivity contribution in [1.82, 2.24) is 4.90 Å². The summed E-state index contributed by atoms with van der Waals surface area (Å²) in [7, 11) is 0. The van der Waals surface area contributed by atoms with E-state index in [0.717, 1.165) is 44.2 Å². The number of rotatable bonds is 4. The Morgan fingerprint density at radius 1 is 1.21 bits per heavy atom. The van der Waals surface area contributed by atoms with Gasteiger partial charge in [0.05, 0.1) is 19.1 Å². The molecule has 0 spiro atoms. The molecule has 3 nitrogen and oxygen atoms in total. The van der Waals surface area contributed by atoms with Crippen LogP contribution in [0.25, 0.3) is 0 Å². The van der Waals surface area contributed by atoms with Gasteiger partial charge >= 0.3 is 0 Å². The van der Waals surface area contributed by atoms with Gasteiger partial charge in [0.25, 0.3) is 0 Å². The van der Waals surface area contributed by atoms with E-state index in [2.05, 4.69) is 16.7 Å². The fourth-order valence-electron chi connectivity index (χ4n) is 1.89. The molecule has 4 heteroatoms. The zero-order valence-electron chi connectivity index (χ0n) is 10.9. The van der Waals surface area contributed by atoms with Gasteiger partial charge in [-0.3, -0.25) is 4.90 Å². The van der Waals surface area contributed by atoms with Crippen LogP contribution in [-0.4, -0.2) is 50.2 Å². The largest absolute Gasteiger partial charge is 0.492 e. The smallest absolute Gasteiger partial charge is 0.119 e. The number of nitrogens with zero attached hydrogens (tertiary/aromatic N) is 1. The summed E-state index contributed by atoms with van der Waals surface area (Å²) >= 11 is 5.51. The molecule has 1 aliphatic rings. The third kappa shape index (κ3) is 5.12. The van der Waals surface area contributed by atoms with Crippen LogP contribution in [0.5, 0.6) is 5.75 Å². The van der Waals surface area contributed by atoms with Crippen LogP contribution in [-0.2, 0) is 4.74 Å². The SMILES string of the molecule is ClCC#Cc1ccc(OCCN2CCOCC2)cc1. The normalized spacial score (nSPS) is 15.6. The van der Waals surface area contributed by atoms with Gasteiger partial charge in [0, 0.05) is 25.2 Å². The first kappa shape index (κ1) is 14.2. The third-order valence-corrected chi connectivity index (χ3v) is 3.07. The minimum atomic E-state index is 0.359. The molecule has 0 N–H and O–H groups in total. The summed E-state index contributed by atoms with van der Waals surface area (Å²) in [5.41, 5.74) is 0.959. The van der Waals surface area contributed by atoms with Crippen LogP contribution >= 0.6 is 11.6 Å². The maximum absolute atomic E-state index is 5.71. The number of halogens is 1. The fraction of sp³-hybridized carbons (Fsp3) is 0.467. The Balaban J connectivity index is 1.73. The molecule has 1 aromatic carbocycles. The van der Waals surface area contributed by atoms with Crippen LogP contribution in [0, 0.1) is 11.8 Å². The lowest BCUT2D eigenvalue weighted by Gasteiger charge is -2.26. The van der Waals surface area contributed by atoms with Gasteiger partial charge in [-0.1, -0.05) is 11.8 Å². The minimum absolute atomic E-state index is 0.359. The average Bonchev–Trinajstić information content (AvgIpc) is 2.47. The first-order valence-corrected chi connectivity index (χ1v) is 7.00. The molecule has 0 aromatic heterocycles. The molecule has 1 aliphatic heterocycles. The van der Waals surface area contributed by atoms with Crippen LogP contribution < -0.4 is 4.74 Å². The molecule has 0 unspecified atom stereocenters. The highest BCUT2D eigenvalue weighted by atomic mass is 35.5. The van der Waals surface area contributed by atoms with Gasteiger partial charge in [-0.15, -0.1) is 11.6 Å². The van der Waals surface area contributed by atoms with Gasteiger partial charge in [-0.2, -0.15) is 0 Å². The average molecular weight is 280 g/mol. The second-order valence-electron chi connectivity index (χ2n) is 4.26. The predicted molar refractivity (Wildman–Crippen MR) is 76.8 cm³/mol. The lowest BCUT2D eigenvalue weighted by Crippen LogP contribution is -2.38. The molecule has 1 heterocycles. The minimum Gasteiger partial charge on any atom is -0.492 e. The van der Waals surface area contributed by atoms with Gasteiger partial charge in [-0.25, -0.2) is 0 Å². The van der Waals surface area contributed by atoms with Crippen LogP contribution in [0.4, 0.5) is 0 Å². The topological polar surface area (TPSA) is 21.7 Å². The highest BCUT2D eigenvalue weighted by Crippen LogP contribution is 2.11. The zero-order valence-corrected chi connectivity index (χ0v) is 11.7. The van der Waals surface area contributed by atoms with Crippen molar-refractivity contribution in [3.8, 4) is 17.6 Å². The summed E-state index contributed by atoms with van der Waals surface area (Å²) in [5.74, 6) is 7.03. The van der Waals surface area contributed by atoms with Crippen LogP contribution in [0.1, 0.15) is 5.56 Å². The molecule has 0 aliphatic carbocycles. The predicted octanol–water partition coefficient (Wildman–Crippen LogP) is 1.99. The summed E-state index contributed by atoms with van der Waals surface area (Å²) < 4.78 is 11.0. The Bertz CT molecular complexity index is 430. The van der Waals surface area contributed by atoms with Gasteiger partial charge in [0.15, 0.2) is 0 Å². The number of benzene rings is 1. The summed E-state index contributed by atoms with van der Waals surface area (Å²) in [6.45, 7) is 5.29. The lowest BCUT2D eigenvalue weighted by molar-refractivity contribution is 0.0322. The standard InChI is InChI=1S/C15H18ClNO2/c16-7-1-2-14-3-5-15(6-4-14)19-13-10-17-8-11-18-12-9-17/h3-6H,7-13H2. The quantitative estimate of drug-likeness (QED) is 0.621. The van der Waals surface area contributed by atoms with E-state index in [1.165, 1.54) is 0 Å². The summed E-state index contributed by atoms with van der Waals surface area (Å²) in [4.78, 5) is 2.35. The molecule has 0 saturated carbocycles. The van der Waals surface area contributed by atoms with E-state index >= 15 is 0 Å². The number of hydrogen-bond donors (Lipinski definition) is 0. The first-order chi connectivity index (χ1) is 9.38. The summed E-state index contributed by atoms with van der Waals surface area (Å²) in [6, 6.07) is 7.78. The summed E-state index contributed by atoms with van der Waals surface area (Å²) in [5, 5.41) is 0. The molecular weight excluding hydrogens is 262 g/mol. The van der Waals surface area contributed by atoms with Crippen molar-refractivity contribution in [2.24, 2.45) is 0 Å². The molecule has 1 aromatic rings. The molecule has 102 valence electrons. The van der Waals surface area contributed by atoms with Gasteiger partial charge in [-0.05, 0) is 24.3 Å². The van der Waals surface area contributed by atoms with Crippen molar-refractivity contribution >= 4 is 11.6 Å². The Hall–Kier alpha value is -1.21. The van der Waals surface area contributed by atoms with Crippen molar-refractivity contribution in [1.29, 1.82) is 0 Å². The van der Waals surface area contributed by atoms with Gasteiger partial charge in [0.1, 0.15) is 12.4 Å². The maximum Gasteiger partial charge on any atom is 0.119 e. The van der Waals surface area contributed by atoms with Crippen molar-refractivity contribution in [2.75, 3.05) is 45.3 Å². The van der Waals surface area contributed by atoms with Crippen molar-refractivity contribution < 1.29 is 9.47 Å². The molecule has 19 heavy (non-hydrogen) atoms. The van der Waals surface area contributed by atoms with Crippen molar-refractivity contribution in [3.05, 3.63) is 29.8 Å². The molecule has 0 amide bonds. The van der Waals surface area contributed by atoms with Crippen molar-refractivity contribution in [2.45, 2.75) is 0 Å². The lowest BCUT2D eigenvalue weighted by atomic mass is 10.2. The molecule has 1 saturated heterocycles. The first-order valence-electron chi connectivity index (χ1n) is 6.46. The van der Waals surface area contributed by atoms with Crippen molar-refractivity contribution in [3.63, 3.8) is 0 Å². The van der Waals surface area contributed by atoms with Gasteiger partial charge in [0.2, 0.25) is 0 Å². The Kier molecular flexibility index (Phi) is 6.03. The number of alkyl halides is 1. The molecular formula is C15H18ClNO2. The van der Waals surface area contributed by atoms with E-state index in [1.807, 2.05) is 24.3 Å². The fourth-order valence-corrected chi connectivity index (χ4v) is 1.95. The second kappa shape index (κ2) is 8.06. The second-order valence-corrected chi connectivity index (χ2v) is 4.53. The van der Waals surface area contributed by atoms with E-state index in [1.54, 1.807) is 0 Å². The highest BCUT2D eigenvalue weighted by molar-refractivity contribution is 6.19. The number of hydrogen-bond acceptors (Lipinski definition) is 3. The molecule has 0 bridgehead atoms. The van der Waals surface area contributed by atoms with E-state index in [9.17, 15) is 0 Å². The number of ether oxygens (including phenoxy) is 2. The zero-order chi connectivity index (χ0) is 13.3. The van der Waals surface area contributed by atoms with Gasteiger partial charge < -0.3 is 9.47 Å². The maximum atomic E-state index is 5.71. The Labute approximate surface area is 119 Å². The molecule has 0 radical (unpaired) electrons. The molecule has 2 rings (SSSR count). The molecule has 0 atom stereocenters. The van der Waals surface area contributed by atoms with Crippen LogP contribution in [0.15, 0.2) is 24.3 Å². The Morgan fingerprint density at radius 2 is 1.95 bits per heavy atom.